The summed E-state index contributed by atoms with van der Waals surface area (Å²) in [5.41, 5.74) is 4.52. The van der Waals surface area contributed by atoms with E-state index in [2.05, 4.69) is 46.8 Å². The molecule has 0 spiro atoms. The smallest absolute Gasteiger partial charge is 0.119 e. The molecule has 136 valence electrons. The summed E-state index contributed by atoms with van der Waals surface area (Å²) in [4.78, 5) is 0. The van der Waals surface area contributed by atoms with Gasteiger partial charge in [0.25, 0.3) is 0 Å². The second-order valence-electron chi connectivity index (χ2n) is 7.22. The van der Waals surface area contributed by atoms with Crippen LogP contribution >= 0.6 is 0 Å². The lowest BCUT2D eigenvalue weighted by molar-refractivity contribution is 0.461. The number of aromatic hydroxyl groups is 2. The summed E-state index contributed by atoms with van der Waals surface area (Å²) < 4.78 is 0. The molecule has 0 aliphatic heterocycles. The maximum Gasteiger partial charge on any atom is 0.119 e. The van der Waals surface area contributed by atoms with Gasteiger partial charge in [-0.2, -0.15) is 0 Å². The molecule has 0 amide bonds. The monoisotopic (exact) mass is 340 g/mol. The van der Waals surface area contributed by atoms with Crippen LogP contribution in [0.4, 0.5) is 0 Å². The van der Waals surface area contributed by atoms with E-state index < -0.39 is 0 Å². The van der Waals surface area contributed by atoms with Crippen LogP contribution in [0.15, 0.2) is 36.4 Å². The molecule has 0 saturated heterocycles. The van der Waals surface area contributed by atoms with Gasteiger partial charge in [0.1, 0.15) is 11.5 Å². The molecule has 2 nitrogen and oxygen atoms in total. The Morgan fingerprint density at radius 3 is 1.40 bits per heavy atom. The third kappa shape index (κ3) is 4.18. The fourth-order valence-electron chi connectivity index (χ4n) is 3.47. The Kier molecular flexibility index (Phi) is 6.52. The molecular formula is C23H32O2. The summed E-state index contributed by atoms with van der Waals surface area (Å²) in [6.45, 7) is 10.8. The maximum absolute atomic E-state index is 10.2. The van der Waals surface area contributed by atoms with Gasteiger partial charge in [-0.05, 0) is 65.5 Å². The molecule has 25 heavy (non-hydrogen) atoms. The number of hydrogen-bond donors (Lipinski definition) is 2. The van der Waals surface area contributed by atoms with Crippen molar-refractivity contribution in [3.63, 3.8) is 0 Å². The highest BCUT2D eigenvalue weighted by atomic mass is 16.3. The molecule has 2 N–H and O–H groups in total. The predicted molar refractivity (Wildman–Crippen MR) is 106 cm³/mol. The van der Waals surface area contributed by atoms with Crippen LogP contribution in [0.25, 0.3) is 0 Å². The van der Waals surface area contributed by atoms with Gasteiger partial charge < -0.3 is 10.2 Å². The molecule has 0 aliphatic rings. The molecule has 0 heterocycles. The van der Waals surface area contributed by atoms with E-state index in [-0.39, 0.29) is 5.92 Å². The zero-order valence-electron chi connectivity index (χ0n) is 16.2. The van der Waals surface area contributed by atoms with Crippen molar-refractivity contribution in [2.75, 3.05) is 0 Å². The second-order valence-corrected chi connectivity index (χ2v) is 7.22. The second kappa shape index (κ2) is 8.42. The largest absolute Gasteiger partial charge is 0.508 e. The summed E-state index contributed by atoms with van der Waals surface area (Å²) in [7, 11) is 0. The van der Waals surface area contributed by atoms with E-state index in [0.717, 1.165) is 30.4 Å². The number of hydrogen-bond acceptors (Lipinski definition) is 2. The van der Waals surface area contributed by atoms with Crippen LogP contribution in [0, 0.1) is 0 Å². The standard InChI is InChI=1S/C23H32O2/c1-6-15(4)20-13-17(9-11-22(20)24)19(8-3)18-10-12-23(25)21(14-18)16(5)7-2/h9-16,19,24-25H,6-8H2,1-5H3. The van der Waals surface area contributed by atoms with Crippen molar-refractivity contribution in [2.24, 2.45) is 0 Å². The molecule has 2 heteroatoms. The Morgan fingerprint density at radius 1 is 0.680 bits per heavy atom. The Labute approximate surface area is 152 Å². The SMILES string of the molecule is CCC(C)c1cc(C(CC)c2ccc(O)c(C(C)CC)c2)ccc1O. The van der Waals surface area contributed by atoms with Crippen LogP contribution in [-0.4, -0.2) is 10.2 Å². The Bertz CT molecular complexity index is 646. The summed E-state index contributed by atoms with van der Waals surface area (Å²) in [5, 5.41) is 20.4. The van der Waals surface area contributed by atoms with Crippen molar-refractivity contribution in [1.82, 2.24) is 0 Å². The first-order valence-corrected chi connectivity index (χ1v) is 9.58. The topological polar surface area (TPSA) is 40.5 Å². The molecule has 2 atom stereocenters. The third-order valence-corrected chi connectivity index (χ3v) is 5.60. The van der Waals surface area contributed by atoms with E-state index >= 15 is 0 Å². The van der Waals surface area contributed by atoms with Gasteiger partial charge in [-0.1, -0.05) is 58.9 Å². The normalized spacial score (nSPS) is 14.9. The quantitative estimate of drug-likeness (QED) is 0.591. The van der Waals surface area contributed by atoms with Crippen LogP contribution in [0.5, 0.6) is 11.5 Å². The molecular weight excluding hydrogens is 308 g/mol. The molecule has 2 aromatic rings. The maximum atomic E-state index is 10.2. The van der Waals surface area contributed by atoms with E-state index in [9.17, 15) is 10.2 Å². The average Bonchev–Trinajstić information content (AvgIpc) is 2.63. The molecule has 0 aromatic heterocycles. The fourth-order valence-corrected chi connectivity index (χ4v) is 3.47. The molecule has 0 saturated carbocycles. The highest BCUT2D eigenvalue weighted by Crippen LogP contribution is 2.37. The number of phenols is 2. The van der Waals surface area contributed by atoms with Gasteiger partial charge in [0.15, 0.2) is 0 Å². The van der Waals surface area contributed by atoms with Crippen LogP contribution in [0.3, 0.4) is 0 Å². The van der Waals surface area contributed by atoms with Gasteiger partial charge in [-0.15, -0.1) is 0 Å². The minimum atomic E-state index is 0.270. The zero-order chi connectivity index (χ0) is 18.6. The molecule has 0 fully saturated rings. The minimum Gasteiger partial charge on any atom is -0.508 e. The molecule has 0 radical (unpaired) electrons. The van der Waals surface area contributed by atoms with Crippen molar-refractivity contribution >= 4 is 0 Å². The first-order valence-electron chi connectivity index (χ1n) is 9.58. The third-order valence-electron chi connectivity index (χ3n) is 5.60. The van der Waals surface area contributed by atoms with Gasteiger partial charge in [-0.25, -0.2) is 0 Å². The highest BCUT2D eigenvalue weighted by Gasteiger charge is 2.18. The van der Waals surface area contributed by atoms with Crippen molar-refractivity contribution in [3.05, 3.63) is 58.7 Å². The predicted octanol–water partition coefficient (Wildman–Crippen LogP) is 6.67. The fraction of sp³-hybridized carbons (Fsp3) is 0.478. The van der Waals surface area contributed by atoms with Crippen molar-refractivity contribution in [1.29, 1.82) is 0 Å². The van der Waals surface area contributed by atoms with Crippen molar-refractivity contribution in [2.45, 2.75) is 71.6 Å². The lowest BCUT2D eigenvalue weighted by Gasteiger charge is -2.21. The van der Waals surface area contributed by atoms with E-state index in [0.29, 0.717) is 23.3 Å². The van der Waals surface area contributed by atoms with Gasteiger partial charge in [0.2, 0.25) is 0 Å². The van der Waals surface area contributed by atoms with Crippen LogP contribution < -0.4 is 0 Å². The van der Waals surface area contributed by atoms with E-state index in [1.165, 1.54) is 11.1 Å². The summed E-state index contributed by atoms with van der Waals surface area (Å²) in [6.07, 6.45) is 2.99. The first-order chi connectivity index (χ1) is 11.9. The van der Waals surface area contributed by atoms with Gasteiger partial charge in [0, 0.05) is 5.92 Å². The van der Waals surface area contributed by atoms with Crippen LogP contribution in [0.1, 0.15) is 93.9 Å². The highest BCUT2D eigenvalue weighted by molar-refractivity contribution is 5.46. The van der Waals surface area contributed by atoms with Crippen molar-refractivity contribution in [3.8, 4) is 11.5 Å². The number of rotatable bonds is 7. The summed E-state index contributed by atoms with van der Waals surface area (Å²) in [5.74, 6) is 1.73. The molecule has 2 aromatic carbocycles. The number of phenolic OH excluding ortho intramolecular Hbond substituents is 2. The van der Waals surface area contributed by atoms with Gasteiger partial charge >= 0.3 is 0 Å². The number of benzene rings is 2. The van der Waals surface area contributed by atoms with Gasteiger partial charge in [0.05, 0.1) is 0 Å². The average molecular weight is 341 g/mol. The summed E-state index contributed by atoms with van der Waals surface area (Å²) >= 11 is 0. The molecule has 0 aliphatic carbocycles. The van der Waals surface area contributed by atoms with Crippen LogP contribution in [-0.2, 0) is 0 Å². The Hall–Kier alpha value is -1.96. The first kappa shape index (κ1) is 19.4. The lowest BCUT2D eigenvalue weighted by atomic mass is 9.84. The van der Waals surface area contributed by atoms with Crippen molar-refractivity contribution < 1.29 is 10.2 Å². The molecule has 2 unspecified atom stereocenters. The van der Waals surface area contributed by atoms with E-state index in [1.807, 2.05) is 24.3 Å². The van der Waals surface area contributed by atoms with Gasteiger partial charge in [-0.3, -0.25) is 0 Å². The Morgan fingerprint density at radius 2 is 1.08 bits per heavy atom. The van der Waals surface area contributed by atoms with E-state index in [1.54, 1.807) is 0 Å². The molecule has 0 bridgehead atoms. The molecule has 2 rings (SSSR count). The lowest BCUT2D eigenvalue weighted by Crippen LogP contribution is -2.04. The van der Waals surface area contributed by atoms with Crippen LogP contribution in [0.2, 0.25) is 0 Å². The zero-order valence-corrected chi connectivity index (χ0v) is 16.2. The van der Waals surface area contributed by atoms with E-state index in [4.69, 9.17) is 0 Å². The minimum absolute atomic E-state index is 0.270. The Balaban J connectivity index is 2.47. The summed E-state index contributed by atoms with van der Waals surface area (Å²) in [6, 6.07) is 12.0.